The van der Waals surface area contributed by atoms with Crippen LogP contribution >= 0.6 is 11.6 Å². The molecule has 0 amide bonds. The van der Waals surface area contributed by atoms with Crippen molar-refractivity contribution in [1.29, 1.82) is 0 Å². The average molecular weight is 361 g/mol. The Hall–Kier alpha value is -1.95. The first-order valence-corrected chi connectivity index (χ1v) is 9.37. The quantitative estimate of drug-likeness (QED) is 0.757. The van der Waals surface area contributed by atoms with Gasteiger partial charge >= 0.3 is 0 Å². The first-order chi connectivity index (χ1) is 11.4. The Bertz CT molecular complexity index is 1000. The molecule has 0 aliphatic rings. The largest absolute Gasteiger partial charge is 0.255 e. The van der Waals surface area contributed by atoms with Crippen molar-refractivity contribution in [2.24, 2.45) is 0 Å². The maximum atomic E-state index is 12.8. The Kier molecular flexibility index (Phi) is 4.58. The first-order valence-electron chi connectivity index (χ1n) is 7.50. The second-order valence-electron chi connectivity index (χ2n) is 5.71. The smallest absolute Gasteiger partial charge is 0.243 e. The van der Waals surface area contributed by atoms with Crippen LogP contribution in [-0.2, 0) is 10.0 Å². The summed E-state index contributed by atoms with van der Waals surface area (Å²) in [6.07, 6.45) is 1.67. The first kappa shape index (κ1) is 16.9. The van der Waals surface area contributed by atoms with Gasteiger partial charge in [-0.25, -0.2) is 13.1 Å². The van der Waals surface area contributed by atoms with Gasteiger partial charge in [-0.2, -0.15) is 0 Å². The van der Waals surface area contributed by atoms with Crippen LogP contribution in [0.4, 0.5) is 0 Å². The summed E-state index contributed by atoms with van der Waals surface area (Å²) in [6.45, 7) is 3.69. The molecule has 1 N–H and O–H groups in total. The van der Waals surface area contributed by atoms with Crippen LogP contribution in [0.1, 0.15) is 24.1 Å². The molecule has 1 heterocycles. The van der Waals surface area contributed by atoms with Gasteiger partial charge in [0.2, 0.25) is 10.0 Å². The predicted molar refractivity (Wildman–Crippen MR) is 96.7 cm³/mol. The van der Waals surface area contributed by atoms with Gasteiger partial charge in [-0.3, -0.25) is 4.98 Å². The fourth-order valence-electron chi connectivity index (χ4n) is 2.65. The number of pyridine rings is 1. The van der Waals surface area contributed by atoms with Crippen molar-refractivity contribution < 1.29 is 8.42 Å². The maximum Gasteiger partial charge on any atom is 0.243 e. The molecule has 0 radical (unpaired) electrons. The maximum absolute atomic E-state index is 12.8. The van der Waals surface area contributed by atoms with Crippen LogP contribution in [0.3, 0.4) is 0 Å². The summed E-state index contributed by atoms with van der Waals surface area (Å²) in [6, 6.07) is 13.8. The average Bonchev–Trinajstić information content (AvgIpc) is 2.53. The van der Waals surface area contributed by atoms with E-state index >= 15 is 0 Å². The normalized spacial score (nSPS) is 13.1. The molecule has 1 unspecified atom stereocenters. The van der Waals surface area contributed by atoms with E-state index in [2.05, 4.69) is 9.71 Å². The molecule has 0 saturated carbocycles. The molecule has 3 aromatic rings. The van der Waals surface area contributed by atoms with Crippen molar-refractivity contribution in [2.75, 3.05) is 0 Å². The Balaban J connectivity index is 2.01. The standard InChI is InChI=1S/C18H17ClN2O2S/c1-12-10-14-6-5-9-17(18(14)20-11-12)24(22,23)21-13(2)15-7-3-4-8-16(15)19/h3-11,13,21H,1-2H3. The number of rotatable bonds is 4. The molecule has 124 valence electrons. The monoisotopic (exact) mass is 360 g/mol. The van der Waals surface area contributed by atoms with Crippen molar-refractivity contribution in [3.8, 4) is 0 Å². The lowest BCUT2D eigenvalue weighted by Gasteiger charge is -2.16. The highest BCUT2D eigenvalue weighted by Crippen LogP contribution is 2.26. The van der Waals surface area contributed by atoms with Crippen molar-refractivity contribution in [2.45, 2.75) is 24.8 Å². The highest BCUT2D eigenvalue weighted by atomic mass is 35.5. The minimum Gasteiger partial charge on any atom is -0.255 e. The van der Waals surface area contributed by atoms with E-state index in [0.717, 1.165) is 16.5 Å². The van der Waals surface area contributed by atoms with E-state index in [1.807, 2.05) is 31.2 Å². The number of benzene rings is 2. The summed E-state index contributed by atoms with van der Waals surface area (Å²) in [7, 11) is -3.74. The van der Waals surface area contributed by atoms with E-state index in [1.54, 1.807) is 37.4 Å². The van der Waals surface area contributed by atoms with Crippen LogP contribution in [-0.4, -0.2) is 13.4 Å². The minimum atomic E-state index is -3.74. The number of sulfonamides is 1. The molecular weight excluding hydrogens is 344 g/mol. The Morgan fingerprint density at radius 3 is 2.62 bits per heavy atom. The number of halogens is 1. The molecule has 0 spiro atoms. The van der Waals surface area contributed by atoms with E-state index in [1.165, 1.54) is 0 Å². The predicted octanol–water partition coefficient (Wildman–Crippen LogP) is 4.24. The third-order valence-electron chi connectivity index (χ3n) is 3.80. The number of fused-ring (bicyclic) bond motifs is 1. The number of para-hydroxylation sites is 1. The van der Waals surface area contributed by atoms with Crippen molar-refractivity contribution in [3.63, 3.8) is 0 Å². The molecule has 0 saturated heterocycles. The number of aromatic nitrogens is 1. The summed E-state index contributed by atoms with van der Waals surface area (Å²) in [4.78, 5) is 4.46. The molecule has 1 aromatic heterocycles. The fourth-order valence-corrected chi connectivity index (χ4v) is 4.35. The zero-order valence-corrected chi connectivity index (χ0v) is 14.9. The van der Waals surface area contributed by atoms with E-state index in [4.69, 9.17) is 11.6 Å². The van der Waals surface area contributed by atoms with Crippen LogP contribution in [0, 0.1) is 6.92 Å². The molecule has 4 nitrogen and oxygen atoms in total. The third kappa shape index (κ3) is 3.29. The molecule has 3 rings (SSSR count). The number of nitrogens with one attached hydrogen (secondary N) is 1. The summed E-state index contributed by atoms with van der Waals surface area (Å²) < 4.78 is 28.3. The lowest BCUT2D eigenvalue weighted by molar-refractivity contribution is 0.567. The van der Waals surface area contributed by atoms with Gasteiger partial charge in [-0.05, 0) is 43.2 Å². The highest BCUT2D eigenvalue weighted by Gasteiger charge is 2.22. The van der Waals surface area contributed by atoms with E-state index in [9.17, 15) is 8.42 Å². The highest BCUT2D eigenvalue weighted by molar-refractivity contribution is 7.89. The van der Waals surface area contributed by atoms with Gasteiger partial charge in [0.25, 0.3) is 0 Å². The van der Waals surface area contributed by atoms with Crippen molar-refractivity contribution >= 4 is 32.5 Å². The van der Waals surface area contributed by atoms with Crippen LogP contribution < -0.4 is 4.72 Å². The van der Waals surface area contributed by atoms with Gasteiger partial charge in [0.15, 0.2) is 0 Å². The van der Waals surface area contributed by atoms with Gasteiger partial charge in [0.05, 0.1) is 5.52 Å². The lowest BCUT2D eigenvalue weighted by Crippen LogP contribution is -2.27. The van der Waals surface area contributed by atoms with Crippen LogP contribution in [0.5, 0.6) is 0 Å². The number of aryl methyl sites for hydroxylation is 1. The van der Waals surface area contributed by atoms with Crippen molar-refractivity contribution in [1.82, 2.24) is 9.71 Å². The molecule has 24 heavy (non-hydrogen) atoms. The summed E-state index contributed by atoms with van der Waals surface area (Å²) in [5.74, 6) is 0. The number of hydrogen-bond donors (Lipinski definition) is 1. The molecular formula is C18H17ClN2O2S. The lowest BCUT2D eigenvalue weighted by atomic mass is 10.1. The van der Waals surface area contributed by atoms with Crippen LogP contribution in [0.2, 0.25) is 5.02 Å². The van der Waals surface area contributed by atoms with Gasteiger partial charge in [0.1, 0.15) is 4.90 Å². The summed E-state index contributed by atoms with van der Waals surface area (Å²) in [5.41, 5.74) is 2.17. The van der Waals surface area contributed by atoms with E-state index in [0.29, 0.717) is 10.5 Å². The Labute approximate surface area is 146 Å². The van der Waals surface area contributed by atoms with E-state index in [-0.39, 0.29) is 4.90 Å². The third-order valence-corrected chi connectivity index (χ3v) is 5.72. The molecule has 0 aliphatic carbocycles. The zero-order valence-electron chi connectivity index (χ0n) is 13.3. The molecule has 1 atom stereocenters. The van der Waals surface area contributed by atoms with Crippen molar-refractivity contribution in [3.05, 3.63) is 70.9 Å². The SMILES string of the molecule is Cc1cnc2c(S(=O)(=O)NC(C)c3ccccc3Cl)cccc2c1. The van der Waals surface area contributed by atoms with Crippen LogP contribution in [0.15, 0.2) is 59.6 Å². The van der Waals surface area contributed by atoms with E-state index < -0.39 is 16.1 Å². The topological polar surface area (TPSA) is 59.1 Å². The Morgan fingerprint density at radius 2 is 1.88 bits per heavy atom. The Morgan fingerprint density at radius 1 is 1.12 bits per heavy atom. The van der Waals surface area contributed by atoms with Crippen LogP contribution in [0.25, 0.3) is 10.9 Å². The second-order valence-corrected chi connectivity index (χ2v) is 7.79. The summed E-state index contributed by atoms with van der Waals surface area (Å²) in [5, 5.41) is 1.32. The van der Waals surface area contributed by atoms with Gasteiger partial charge in [-0.1, -0.05) is 41.9 Å². The second kappa shape index (κ2) is 6.51. The molecule has 0 bridgehead atoms. The number of nitrogens with zero attached hydrogens (tertiary/aromatic N) is 1. The number of hydrogen-bond acceptors (Lipinski definition) is 3. The molecule has 6 heteroatoms. The zero-order chi connectivity index (χ0) is 17.3. The minimum absolute atomic E-state index is 0.166. The van der Waals surface area contributed by atoms with Gasteiger partial charge < -0.3 is 0 Å². The van der Waals surface area contributed by atoms with Gasteiger partial charge in [-0.15, -0.1) is 0 Å². The molecule has 0 aliphatic heterocycles. The molecule has 0 fully saturated rings. The summed E-state index contributed by atoms with van der Waals surface area (Å²) >= 11 is 6.16. The van der Waals surface area contributed by atoms with Gasteiger partial charge in [0, 0.05) is 22.6 Å². The fraction of sp³-hybridized carbons (Fsp3) is 0.167. The molecule has 2 aromatic carbocycles.